The van der Waals surface area contributed by atoms with E-state index in [2.05, 4.69) is 10.3 Å². The van der Waals surface area contributed by atoms with Crippen LogP contribution in [0.4, 0.5) is 18.9 Å². The van der Waals surface area contributed by atoms with Crippen LogP contribution in [0.1, 0.15) is 36.5 Å². The maximum absolute atomic E-state index is 12.7. The summed E-state index contributed by atoms with van der Waals surface area (Å²) in [5, 5.41) is 3.59. The normalized spacial score (nSPS) is 16.4. The summed E-state index contributed by atoms with van der Waals surface area (Å²) in [6, 6.07) is 5.25. The maximum atomic E-state index is 12.7. The summed E-state index contributed by atoms with van der Waals surface area (Å²) in [4.78, 5) is 19.1. The van der Waals surface area contributed by atoms with Crippen molar-refractivity contribution < 1.29 is 27.4 Å². The molecule has 0 unspecified atom stereocenters. The van der Waals surface area contributed by atoms with Crippen LogP contribution in [-0.2, 0) is 4.74 Å². The highest BCUT2D eigenvalue weighted by atomic mass is 19.4. The number of rotatable bonds is 7. The van der Waals surface area contributed by atoms with Crippen molar-refractivity contribution in [3.63, 3.8) is 0 Å². The summed E-state index contributed by atoms with van der Waals surface area (Å²) >= 11 is 0. The van der Waals surface area contributed by atoms with Gasteiger partial charge in [0, 0.05) is 50.3 Å². The SMILES string of the molecule is COC[C@H](C)NC(=O)c1cnc2c(N3CCC(CC(F)(F)F)CC3)cc(OC)cc2c1. The molecule has 0 aliphatic carbocycles. The molecule has 9 heteroatoms. The van der Waals surface area contributed by atoms with Crippen molar-refractivity contribution in [2.24, 2.45) is 5.92 Å². The highest BCUT2D eigenvalue weighted by Crippen LogP contribution is 2.36. The predicted octanol–water partition coefficient (Wildman–Crippen LogP) is 4.18. The Morgan fingerprint density at radius 3 is 2.58 bits per heavy atom. The lowest BCUT2D eigenvalue weighted by Crippen LogP contribution is -2.36. The lowest BCUT2D eigenvalue weighted by molar-refractivity contribution is -0.145. The Morgan fingerprint density at radius 1 is 1.26 bits per heavy atom. The van der Waals surface area contributed by atoms with E-state index in [4.69, 9.17) is 9.47 Å². The van der Waals surface area contributed by atoms with Gasteiger partial charge in [-0.3, -0.25) is 9.78 Å². The van der Waals surface area contributed by atoms with Crippen molar-refractivity contribution in [3.05, 3.63) is 30.0 Å². The molecular weight excluding hydrogens is 411 g/mol. The quantitative estimate of drug-likeness (QED) is 0.701. The number of fused-ring (bicyclic) bond motifs is 1. The van der Waals surface area contributed by atoms with Gasteiger partial charge in [0.2, 0.25) is 0 Å². The first-order valence-electron chi connectivity index (χ1n) is 10.3. The molecule has 0 radical (unpaired) electrons. The van der Waals surface area contributed by atoms with Gasteiger partial charge in [-0.2, -0.15) is 13.2 Å². The van der Waals surface area contributed by atoms with Gasteiger partial charge in [-0.15, -0.1) is 0 Å². The van der Waals surface area contributed by atoms with Gasteiger partial charge in [0.1, 0.15) is 5.75 Å². The minimum absolute atomic E-state index is 0.146. The van der Waals surface area contributed by atoms with Crippen molar-refractivity contribution >= 4 is 22.5 Å². The molecule has 1 saturated heterocycles. The Morgan fingerprint density at radius 2 is 1.97 bits per heavy atom. The molecule has 3 rings (SSSR count). The van der Waals surface area contributed by atoms with Crippen LogP contribution in [0.25, 0.3) is 10.9 Å². The minimum Gasteiger partial charge on any atom is -0.497 e. The fourth-order valence-corrected chi connectivity index (χ4v) is 3.99. The number of pyridine rings is 1. The third-order valence-electron chi connectivity index (χ3n) is 5.50. The van der Waals surface area contributed by atoms with Crippen LogP contribution in [0.2, 0.25) is 0 Å². The number of nitrogens with zero attached hydrogens (tertiary/aromatic N) is 2. The zero-order valence-electron chi connectivity index (χ0n) is 18.0. The lowest BCUT2D eigenvalue weighted by Gasteiger charge is -2.34. The lowest BCUT2D eigenvalue weighted by atomic mass is 9.93. The molecule has 6 nitrogen and oxygen atoms in total. The van der Waals surface area contributed by atoms with Gasteiger partial charge >= 0.3 is 6.18 Å². The smallest absolute Gasteiger partial charge is 0.389 e. The topological polar surface area (TPSA) is 63.7 Å². The highest BCUT2D eigenvalue weighted by Gasteiger charge is 2.33. The number of aromatic nitrogens is 1. The molecule has 0 bridgehead atoms. The number of amides is 1. The summed E-state index contributed by atoms with van der Waals surface area (Å²) < 4.78 is 48.6. The van der Waals surface area contributed by atoms with Gasteiger partial charge in [-0.05, 0) is 37.8 Å². The number of carbonyl (C=O) groups excluding carboxylic acids is 1. The molecule has 1 aliphatic heterocycles. The summed E-state index contributed by atoms with van der Waals surface area (Å²) in [6.07, 6.45) is -2.41. The van der Waals surface area contributed by atoms with E-state index in [0.717, 1.165) is 11.1 Å². The molecule has 1 fully saturated rings. The van der Waals surface area contributed by atoms with E-state index < -0.39 is 12.6 Å². The maximum Gasteiger partial charge on any atom is 0.389 e. The second-order valence-corrected chi connectivity index (χ2v) is 8.02. The largest absolute Gasteiger partial charge is 0.497 e. The van der Waals surface area contributed by atoms with E-state index in [0.29, 0.717) is 49.4 Å². The van der Waals surface area contributed by atoms with E-state index >= 15 is 0 Å². The number of methoxy groups -OCH3 is 2. The third-order valence-corrected chi connectivity index (χ3v) is 5.50. The van der Waals surface area contributed by atoms with Crippen molar-refractivity contribution in [2.75, 3.05) is 38.8 Å². The molecule has 1 aromatic heterocycles. The Kier molecular flexibility index (Phi) is 7.25. The summed E-state index contributed by atoms with van der Waals surface area (Å²) in [7, 11) is 3.12. The number of hydrogen-bond donors (Lipinski definition) is 1. The number of piperidine rings is 1. The van der Waals surface area contributed by atoms with E-state index in [9.17, 15) is 18.0 Å². The molecule has 2 heterocycles. The number of alkyl halides is 3. The van der Waals surface area contributed by atoms with Crippen molar-refractivity contribution in [3.8, 4) is 5.75 Å². The van der Waals surface area contributed by atoms with E-state index in [1.807, 2.05) is 17.9 Å². The molecule has 1 aliphatic rings. The van der Waals surface area contributed by atoms with Crippen molar-refractivity contribution in [2.45, 2.75) is 38.4 Å². The average Bonchev–Trinajstić information content (AvgIpc) is 2.72. The number of halogens is 3. The average molecular weight is 439 g/mol. The molecule has 0 saturated carbocycles. The minimum atomic E-state index is -4.13. The number of hydrogen-bond acceptors (Lipinski definition) is 5. The Labute approximate surface area is 179 Å². The fourth-order valence-electron chi connectivity index (χ4n) is 3.99. The second-order valence-electron chi connectivity index (χ2n) is 8.02. The molecule has 170 valence electrons. The van der Waals surface area contributed by atoms with Crippen molar-refractivity contribution in [1.82, 2.24) is 10.3 Å². The van der Waals surface area contributed by atoms with Crippen LogP contribution in [-0.4, -0.2) is 57.0 Å². The van der Waals surface area contributed by atoms with Gasteiger partial charge in [-0.25, -0.2) is 0 Å². The number of ether oxygens (including phenoxy) is 2. The fraction of sp³-hybridized carbons (Fsp3) is 0.545. The standard InChI is InChI=1S/C22H28F3N3O3/c1-14(13-30-2)27-21(29)17-8-16-9-18(31-3)10-19(20(16)26-12-17)28-6-4-15(5-7-28)11-22(23,24)25/h8-10,12,14-15H,4-7,11,13H2,1-3H3,(H,27,29)/t14-/m0/s1. The number of carbonyl (C=O) groups is 1. The van der Waals surface area contributed by atoms with Gasteiger partial charge < -0.3 is 19.7 Å². The number of nitrogens with one attached hydrogen (secondary N) is 1. The van der Waals surface area contributed by atoms with Gasteiger partial charge in [0.05, 0.1) is 30.5 Å². The van der Waals surface area contributed by atoms with Crippen LogP contribution in [0.3, 0.4) is 0 Å². The first-order chi connectivity index (χ1) is 14.7. The first-order valence-corrected chi connectivity index (χ1v) is 10.3. The van der Waals surface area contributed by atoms with Crippen LogP contribution < -0.4 is 15.0 Å². The zero-order chi connectivity index (χ0) is 22.6. The van der Waals surface area contributed by atoms with E-state index in [-0.39, 0.29) is 17.9 Å². The van der Waals surface area contributed by atoms with Crippen LogP contribution in [0.15, 0.2) is 24.4 Å². The number of anilines is 1. The van der Waals surface area contributed by atoms with Gasteiger partial charge in [-0.1, -0.05) is 0 Å². The molecule has 2 aromatic rings. The highest BCUT2D eigenvalue weighted by molar-refractivity contribution is 6.00. The van der Waals surface area contributed by atoms with Crippen molar-refractivity contribution in [1.29, 1.82) is 0 Å². The van der Waals surface area contributed by atoms with Gasteiger partial charge in [0.25, 0.3) is 5.91 Å². The molecule has 1 N–H and O–H groups in total. The third kappa shape index (κ3) is 6.00. The summed E-state index contributed by atoms with van der Waals surface area (Å²) in [5.74, 6) is -0.00576. The van der Waals surface area contributed by atoms with E-state index in [1.54, 1.807) is 26.4 Å². The monoisotopic (exact) mass is 439 g/mol. The van der Waals surface area contributed by atoms with E-state index in [1.165, 1.54) is 6.20 Å². The molecule has 1 aromatic carbocycles. The van der Waals surface area contributed by atoms with Gasteiger partial charge in [0.15, 0.2) is 0 Å². The molecular formula is C22H28F3N3O3. The van der Waals surface area contributed by atoms with Crippen LogP contribution >= 0.6 is 0 Å². The molecule has 1 atom stereocenters. The Balaban J connectivity index is 1.83. The zero-order valence-corrected chi connectivity index (χ0v) is 18.0. The predicted molar refractivity (Wildman–Crippen MR) is 113 cm³/mol. The molecule has 31 heavy (non-hydrogen) atoms. The molecule has 1 amide bonds. The Hall–Kier alpha value is -2.55. The summed E-state index contributed by atoms with van der Waals surface area (Å²) in [5.41, 5.74) is 1.91. The summed E-state index contributed by atoms with van der Waals surface area (Å²) in [6.45, 7) is 3.28. The number of benzene rings is 1. The first kappa shape index (κ1) is 23.1. The van der Waals surface area contributed by atoms with Crippen LogP contribution in [0.5, 0.6) is 5.75 Å². The van der Waals surface area contributed by atoms with Crippen LogP contribution in [0, 0.1) is 5.92 Å². The Bertz CT molecular complexity index is 912. The molecule has 0 spiro atoms. The second kappa shape index (κ2) is 9.72.